The number of sulfone groups is 1. The molecule has 0 saturated heterocycles. The maximum Gasteiger partial charge on any atom is 0.407 e. The molecule has 1 N–H and O–H groups in total. The number of carbonyl (C=O) groups is 1. The Morgan fingerprint density at radius 3 is 1.91 bits per heavy atom. The summed E-state index contributed by atoms with van der Waals surface area (Å²) in [4.78, 5) is 12.8. The van der Waals surface area contributed by atoms with E-state index in [1.54, 1.807) is 19.1 Å². The molecule has 2 aromatic carbocycles. The summed E-state index contributed by atoms with van der Waals surface area (Å²) in [6, 6.07) is 8.01. The van der Waals surface area contributed by atoms with E-state index in [-0.39, 0.29) is 23.3 Å². The fraction of sp³-hybridized carbons (Fsp3) is 0.423. The molecule has 0 fully saturated rings. The van der Waals surface area contributed by atoms with Gasteiger partial charge in [-0.05, 0) is 49.6 Å². The van der Waals surface area contributed by atoms with Crippen molar-refractivity contribution >= 4 is 15.6 Å². The van der Waals surface area contributed by atoms with Gasteiger partial charge in [0.2, 0.25) is 0 Å². The van der Waals surface area contributed by atoms with Crippen LogP contribution < -0.4 is 5.32 Å². The Morgan fingerprint density at radius 1 is 0.971 bits per heavy atom. The molecule has 0 unspecified atom stereocenters. The molecule has 35 heavy (non-hydrogen) atoms. The molecule has 0 amide bonds. The number of Topliss-reactive ketones (excluding diaryl/α,β-unsaturated/α-hetero) is 1. The summed E-state index contributed by atoms with van der Waals surface area (Å²) >= 11 is 0. The molecule has 190 valence electrons. The first-order valence-corrected chi connectivity index (χ1v) is 12.9. The van der Waals surface area contributed by atoms with Crippen molar-refractivity contribution in [3.8, 4) is 23.0 Å². The maximum atomic E-state index is 14.3. The third-order valence-electron chi connectivity index (χ3n) is 5.31. The maximum absolute atomic E-state index is 14.3. The van der Waals surface area contributed by atoms with Gasteiger partial charge in [-0.2, -0.15) is 13.2 Å². The zero-order valence-electron chi connectivity index (χ0n) is 20.0. The highest BCUT2D eigenvalue weighted by molar-refractivity contribution is 7.90. The van der Waals surface area contributed by atoms with E-state index < -0.39 is 46.0 Å². The van der Waals surface area contributed by atoms with E-state index in [1.807, 2.05) is 0 Å². The van der Waals surface area contributed by atoms with E-state index in [0.717, 1.165) is 6.26 Å². The summed E-state index contributed by atoms with van der Waals surface area (Å²) < 4.78 is 79.6. The van der Waals surface area contributed by atoms with Crippen LogP contribution in [-0.4, -0.2) is 38.3 Å². The number of hydrogen-bond acceptors (Lipinski definition) is 4. The predicted octanol–water partition coefficient (Wildman–Crippen LogP) is 5.83. The summed E-state index contributed by atoms with van der Waals surface area (Å²) in [5, 5.41) is 2.35. The highest BCUT2D eigenvalue weighted by Crippen LogP contribution is 2.35. The van der Waals surface area contributed by atoms with Crippen LogP contribution in [0.15, 0.2) is 53.4 Å². The van der Waals surface area contributed by atoms with Crippen molar-refractivity contribution in [2.45, 2.75) is 68.9 Å². The van der Waals surface area contributed by atoms with E-state index in [1.165, 1.54) is 50.2 Å². The molecule has 0 radical (unpaired) electrons. The first kappa shape index (κ1) is 28.5. The Labute approximate surface area is 204 Å². The number of halogens is 4. The molecule has 9 heteroatoms. The lowest BCUT2D eigenvalue weighted by Crippen LogP contribution is -2.47. The number of carbonyl (C=O) groups excluding carboxylic acids is 1. The van der Waals surface area contributed by atoms with Crippen LogP contribution in [0.4, 0.5) is 17.6 Å². The van der Waals surface area contributed by atoms with Crippen LogP contribution >= 0.6 is 0 Å². The largest absolute Gasteiger partial charge is 0.407 e. The molecule has 4 nitrogen and oxygen atoms in total. The monoisotopic (exact) mass is 511 g/mol. The Bertz CT molecular complexity index is 1170. The van der Waals surface area contributed by atoms with Crippen LogP contribution in [0.5, 0.6) is 0 Å². The minimum absolute atomic E-state index is 0.0818. The van der Waals surface area contributed by atoms with Gasteiger partial charge in [-0.1, -0.05) is 36.4 Å². The van der Waals surface area contributed by atoms with Crippen molar-refractivity contribution in [1.29, 1.82) is 0 Å². The first-order valence-electron chi connectivity index (χ1n) is 11.0. The zero-order valence-corrected chi connectivity index (χ0v) is 20.9. The number of ketones is 1. The van der Waals surface area contributed by atoms with Crippen LogP contribution in [0.2, 0.25) is 0 Å². The highest BCUT2D eigenvalue weighted by Gasteiger charge is 2.43. The lowest BCUT2D eigenvalue weighted by atomic mass is 9.93. The molecule has 0 heterocycles. The predicted molar refractivity (Wildman–Crippen MR) is 128 cm³/mol. The second kappa shape index (κ2) is 11.4. The lowest BCUT2D eigenvalue weighted by Gasteiger charge is -2.29. The molecule has 0 aromatic heterocycles. The molecule has 0 spiro atoms. The molecular weight excluding hydrogens is 482 g/mol. The van der Waals surface area contributed by atoms with Crippen molar-refractivity contribution in [3.05, 3.63) is 54.1 Å². The van der Waals surface area contributed by atoms with Gasteiger partial charge >= 0.3 is 6.18 Å². The van der Waals surface area contributed by atoms with E-state index in [9.17, 15) is 30.8 Å². The molecule has 2 rings (SSSR count). The van der Waals surface area contributed by atoms with Gasteiger partial charge in [0.15, 0.2) is 15.6 Å². The second-order valence-corrected chi connectivity index (χ2v) is 10.9. The quantitative estimate of drug-likeness (QED) is 0.322. The van der Waals surface area contributed by atoms with Crippen molar-refractivity contribution in [2.75, 3.05) is 6.26 Å². The Balaban J connectivity index is 2.33. The number of nitrogens with one attached hydrogen (secondary N) is 1. The normalized spacial score (nSPS) is 14.1. The van der Waals surface area contributed by atoms with Gasteiger partial charge in [-0.15, -0.1) is 11.8 Å². The average Bonchev–Trinajstić information content (AvgIpc) is 2.75. The molecule has 2 aromatic rings. The highest BCUT2D eigenvalue weighted by atomic mass is 32.2. The van der Waals surface area contributed by atoms with Crippen LogP contribution in [0, 0.1) is 11.8 Å². The summed E-state index contributed by atoms with van der Waals surface area (Å²) in [5.74, 6) is 4.79. The molecule has 0 aliphatic heterocycles. The van der Waals surface area contributed by atoms with Crippen LogP contribution in [-0.2, 0) is 14.6 Å². The molecule has 0 saturated carbocycles. The standard InChI is InChI=1S/C26H29F4NO3S/c1-5-6-7-8-23(32)22(17-25(2,3)27)31-24(26(28,29)30)20-11-9-18(10-12-20)19-13-15-21(16-14-19)35(4,33)34/h9-16,22,24,31H,7-8,17H2,1-4H3/t22-,24-/m0/s1. The van der Waals surface area contributed by atoms with Gasteiger partial charge in [-0.25, -0.2) is 12.8 Å². The minimum atomic E-state index is -4.74. The number of hydrogen-bond donors (Lipinski definition) is 1. The molecular formula is C26H29F4NO3S. The van der Waals surface area contributed by atoms with Crippen molar-refractivity contribution < 1.29 is 30.8 Å². The third kappa shape index (κ3) is 8.79. The summed E-state index contributed by atoms with van der Waals surface area (Å²) in [6.45, 7) is 4.02. The number of rotatable bonds is 10. The fourth-order valence-corrected chi connectivity index (χ4v) is 4.21. The van der Waals surface area contributed by atoms with Crippen molar-refractivity contribution in [1.82, 2.24) is 5.32 Å². The molecule has 0 bridgehead atoms. The van der Waals surface area contributed by atoms with Gasteiger partial charge in [0.25, 0.3) is 0 Å². The zero-order chi connectivity index (χ0) is 26.4. The number of alkyl halides is 4. The van der Waals surface area contributed by atoms with Crippen LogP contribution in [0.25, 0.3) is 11.1 Å². The van der Waals surface area contributed by atoms with Crippen LogP contribution in [0.1, 0.15) is 51.6 Å². The third-order valence-corrected chi connectivity index (χ3v) is 6.43. The van der Waals surface area contributed by atoms with E-state index >= 15 is 0 Å². The van der Waals surface area contributed by atoms with Gasteiger partial charge in [0.05, 0.1) is 10.9 Å². The smallest absolute Gasteiger partial charge is 0.298 e. The fourth-order valence-electron chi connectivity index (χ4n) is 3.58. The average molecular weight is 512 g/mol. The van der Waals surface area contributed by atoms with Gasteiger partial charge in [-0.3, -0.25) is 10.1 Å². The van der Waals surface area contributed by atoms with Crippen molar-refractivity contribution in [3.63, 3.8) is 0 Å². The topological polar surface area (TPSA) is 63.2 Å². The van der Waals surface area contributed by atoms with E-state index in [2.05, 4.69) is 17.2 Å². The van der Waals surface area contributed by atoms with Gasteiger partial charge < -0.3 is 0 Å². The molecule has 0 aliphatic carbocycles. The van der Waals surface area contributed by atoms with Gasteiger partial charge in [0.1, 0.15) is 11.7 Å². The minimum Gasteiger partial charge on any atom is -0.298 e. The SMILES string of the molecule is CC#CCCC(=O)[C@H](CC(C)(C)F)N[C@@H](c1ccc(-c2ccc(S(C)(=O)=O)cc2)cc1)C(F)(F)F. The number of benzene rings is 2. The summed E-state index contributed by atoms with van der Waals surface area (Å²) in [7, 11) is -3.37. The van der Waals surface area contributed by atoms with Gasteiger partial charge in [0, 0.05) is 25.5 Å². The first-order chi connectivity index (χ1) is 16.1. The van der Waals surface area contributed by atoms with E-state index in [0.29, 0.717) is 11.1 Å². The Hall–Kier alpha value is -2.70. The summed E-state index contributed by atoms with van der Waals surface area (Å²) in [5.41, 5.74) is -0.769. The molecule has 2 atom stereocenters. The molecule has 0 aliphatic rings. The Kier molecular flexibility index (Phi) is 9.26. The van der Waals surface area contributed by atoms with E-state index in [4.69, 9.17) is 0 Å². The Morgan fingerprint density at radius 2 is 1.49 bits per heavy atom. The van der Waals surface area contributed by atoms with Crippen molar-refractivity contribution in [2.24, 2.45) is 0 Å². The second-order valence-electron chi connectivity index (χ2n) is 8.93. The lowest BCUT2D eigenvalue weighted by molar-refractivity contribution is -0.161. The van der Waals surface area contributed by atoms with Crippen LogP contribution in [0.3, 0.4) is 0 Å². The summed E-state index contributed by atoms with van der Waals surface area (Å²) in [6.07, 6.45) is -3.96.